The van der Waals surface area contributed by atoms with E-state index in [4.69, 9.17) is 14.7 Å². The zero-order chi connectivity index (χ0) is 10.3. The Bertz CT molecular complexity index is 233. The first-order valence-corrected chi connectivity index (χ1v) is 4.35. The summed E-state index contributed by atoms with van der Waals surface area (Å²) in [6.45, 7) is 9.25. The Morgan fingerprint density at radius 1 is 1.31 bits per heavy atom. The highest BCUT2D eigenvalue weighted by Gasteiger charge is 2.48. The minimum atomic E-state index is -0.611. The van der Waals surface area contributed by atoms with Gasteiger partial charge in [0.1, 0.15) is 6.10 Å². The summed E-state index contributed by atoms with van der Waals surface area (Å²) in [5.74, 6) is -0.611. The summed E-state index contributed by atoms with van der Waals surface area (Å²) in [6.07, 6.45) is -0.285. The highest BCUT2D eigenvalue weighted by Crippen LogP contribution is 2.36. The average molecular weight is 187 g/mol. The van der Waals surface area contributed by atoms with E-state index in [0.717, 1.165) is 0 Å². The monoisotopic (exact) mass is 187 g/mol. The maximum atomic E-state index is 8.65. The zero-order valence-corrected chi connectivity index (χ0v) is 8.79. The molecule has 0 saturated carbocycles. The molecule has 0 spiro atoms. The molecule has 4 heteroatoms. The van der Waals surface area contributed by atoms with Gasteiger partial charge in [0, 0.05) is 0 Å². The summed E-state index contributed by atoms with van der Waals surface area (Å²) in [5.41, 5.74) is 0.0929. The van der Waals surface area contributed by atoms with Crippen molar-refractivity contribution in [3.63, 3.8) is 0 Å². The van der Waals surface area contributed by atoms with E-state index in [-0.39, 0.29) is 6.10 Å². The second-order valence-corrected chi connectivity index (χ2v) is 4.34. The molecule has 76 valence electrons. The third-order valence-electron chi connectivity index (χ3n) is 2.08. The standard InChI is InChI=1S/C9H17NO3/c1-6(10-11)7-8(2,3)13-9(4,5)12-7/h7,11H,1-5H3/t7-/m0/s1. The number of hydrogen-bond donors (Lipinski definition) is 1. The van der Waals surface area contributed by atoms with Crippen molar-refractivity contribution in [2.75, 3.05) is 0 Å². The molecule has 0 aromatic rings. The van der Waals surface area contributed by atoms with Crippen LogP contribution in [0.4, 0.5) is 0 Å². The normalized spacial score (nSPS) is 32.1. The first kappa shape index (κ1) is 10.5. The van der Waals surface area contributed by atoms with E-state index in [2.05, 4.69) is 5.16 Å². The van der Waals surface area contributed by atoms with E-state index >= 15 is 0 Å². The van der Waals surface area contributed by atoms with Crippen LogP contribution in [0.2, 0.25) is 0 Å². The van der Waals surface area contributed by atoms with Crippen LogP contribution in [0.3, 0.4) is 0 Å². The highest BCUT2D eigenvalue weighted by atomic mass is 16.8. The fraction of sp³-hybridized carbons (Fsp3) is 0.889. The molecule has 0 amide bonds. The van der Waals surface area contributed by atoms with Crippen molar-refractivity contribution in [1.29, 1.82) is 0 Å². The second-order valence-electron chi connectivity index (χ2n) is 4.34. The number of ether oxygens (including phenoxy) is 2. The molecule has 4 nitrogen and oxygen atoms in total. The lowest BCUT2D eigenvalue weighted by atomic mass is 9.99. The van der Waals surface area contributed by atoms with Crippen LogP contribution in [0.25, 0.3) is 0 Å². The van der Waals surface area contributed by atoms with Gasteiger partial charge in [0.05, 0.1) is 11.3 Å². The molecule has 1 N–H and O–H groups in total. The van der Waals surface area contributed by atoms with Crippen molar-refractivity contribution >= 4 is 5.71 Å². The van der Waals surface area contributed by atoms with Crippen LogP contribution in [0.1, 0.15) is 34.6 Å². The Morgan fingerprint density at radius 3 is 2.15 bits per heavy atom. The van der Waals surface area contributed by atoms with Crippen LogP contribution >= 0.6 is 0 Å². The predicted octanol–water partition coefficient (Wildman–Crippen LogP) is 1.77. The molecule has 1 heterocycles. The van der Waals surface area contributed by atoms with Gasteiger partial charge < -0.3 is 14.7 Å². The summed E-state index contributed by atoms with van der Waals surface area (Å²) >= 11 is 0. The van der Waals surface area contributed by atoms with Crippen LogP contribution in [0, 0.1) is 0 Å². The van der Waals surface area contributed by atoms with Crippen LogP contribution in [-0.4, -0.2) is 28.4 Å². The van der Waals surface area contributed by atoms with E-state index in [1.807, 2.05) is 27.7 Å². The molecule has 1 atom stereocenters. The largest absolute Gasteiger partial charge is 0.411 e. The molecule has 1 aliphatic rings. The molecular formula is C9H17NO3. The lowest BCUT2D eigenvalue weighted by molar-refractivity contribution is -0.155. The molecule has 0 unspecified atom stereocenters. The minimum Gasteiger partial charge on any atom is -0.411 e. The Kier molecular flexibility index (Phi) is 2.38. The third kappa shape index (κ3) is 2.00. The molecule has 0 aromatic heterocycles. The smallest absolute Gasteiger partial charge is 0.164 e. The van der Waals surface area contributed by atoms with Crippen molar-refractivity contribution in [2.45, 2.75) is 52.1 Å². The van der Waals surface area contributed by atoms with Crippen molar-refractivity contribution in [1.82, 2.24) is 0 Å². The third-order valence-corrected chi connectivity index (χ3v) is 2.08. The first-order valence-electron chi connectivity index (χ1n) is 4.35. The molecule has 0 bridgehead atoms. The predicted molar refractivity (Wildman–Crippen MR) is 49.0 cm³/mol. The van der Waals surface area contributed by atoms with E-state index in [1.54, 1.807) is 6.92 Å². The number of nitrogens with zero attached hydrogens (tertiary/aromatic N) is 1. The SMILES string of the molecule is CC(=NO)[C@@H]1OC(C)(C)OC1(C)C. The van der Waals surface area contributed by atoms with Gasteiger partial charge >= 0.3 is 0 Å². The summed E-state index contributed by atoms with van der Waals surface area (Å²) in [6, 6.07) is 0. The lowest BCUT2D eigenvalue weighted by Gasteiger charge is -2.23. The maximum absolute atomic E-state index is 8.65. The van der Waals surface area contributed by atoms with Gasteiger partial charge in [0.25, 0.3) is 0 Å². The number of hydrogen-bond acceptors (Lipinski definition) is 4. The van der Waals surface area contributed by atoms with Crippen molar-refractivity contribution in [3.05, 3.63) is 0 Å². The average Bonchev–Trinajstić information content (AvgIpc) is 2.17. The topological polar surface area (TPSA) is 51.1 Å². The van der Waals surface area contributed by atoms with Crippen molar-refractivity contribution in [2.24, 2.45) is 5.16 Å². The summed E-state index contributed by atoms with van der Waals surface area (Å²) in [4.78, 5) is 0. The van der Waals surface area contributed by atoms with Gasteiger partial charge in [0.2, 0.25) is 0 Å². The van der Waals surface area contributed by atoms with Gasteiger partial charge in [-0.1, -0.05) is 5.16 Å². The quantitative estimate of drug-likeness (QED) is 0.386. The Labute approximate surface area is 78.5 Å². The van der Waals surface area contributed by atoms with Gasteiger partial charge in [0.15, 0.2) is 5.79 Å². The minimum absolute atomic E-state index is 0.285. The summed E-state index contributed by atoms with van der Waals surface area (Å²) in [5, 5.41) is 11.8. The van der Waals surface area contributed by atoms with Gasteiger partial charge in [-0.2, -0.15) is 0 Å². The fourth-order valence-electron chi connectivity index (χ4n) is 1.78. The van der Waals surface area contributed by atoms with Crippen LogP contribution < -0.4 is 0 Å². The molecule has 13 heavy (non-hydrogen) atoms. The maximum Gasteiger partial charge on any atom is 0.164 e. The second kappa shape index (κ2) is 2.96. The Morgan fingerprint density at radius 2 is 1.85 bits per heavy atom. The molecule has 0 radical (unpaired) electrons. The van der Waals surface area contributed by atoms with E-state index in [1.165, 1.54) is 0 Å². The van der Waals surface area contributed by atoms with E-state index < -0.39 is 11.4 Å². The molecule has 0 aliphatic carbocycles. The molecule has 1 fully saturated rings. The van der Waals surface area contributed by atoms with Crippen molar-refractivity contribution < 1.29 is 14.7 Å². The van der Waals surface area contributed by atoms with Crippen LogP contribution in [0.15, 0.2) is 5.16 Å². The lowest BCUT2D eigenvalue weighted by Crippen LogP contribution is -2.38. The molecule has 1 aliphatic heterocycles. The molecular weight excluding hydrogens is 170 g/mol. The first-order chi connectivity index (χ1) is 5.78. The highest BCUT2D eigenvalue weighted by molar-refractivity contribution is 5.87. The van der Waals surface area contributed by atoms with Crippen LogP contribution in [0.5, 0.6) is 0 Å². The number of rotatable bonds is 1. The van der Waals surface area contributed by atoms with Gasteiger partial charge in [-0.05, 0) is 34.6 Å². The molecule has 1 rings (SSSR count). The summed E-state index contributed by atoms with van der Waals surface area (Å²) < 4.78 is 11.3. The molecule has 1 saturated heterocycles. The Hall–Kier alpha value is -0.610. The summed E-state index contributed by atoms with van der Waals surface area (Å²) in [7, 11) is 0. The van der Waals surface area contributed by atoms with Crippen molar-refractivity contribution in [3.8, 4) is 0 Å². The van der Waals surface area contributed by atoms with E-state index in [9.17, 15) is 0 Å². The molecule has 0 aromatic carbocycles. The number of oxime groups is 1. The van der Waals surface area contributed by atoms with Gasteiger partial charge in [-0.15, -0.1) is 0 Å². The van der Waals surface area contributed by atoms with E-state index in [0.29, 0.717) is 5.71 Å². The van der Waals surface area contributed by atoms with Crippen LogP contribution in [-0.2, 0) is 9.47 Å². The zero-order valence-electron chi connectivity index (χ0n) is 8.79. The van der Waals surface area contributed by atoms with Gasteiger partial charge in [-0.3, -0.25) is 0 Å². The fourth-order valence-corrected chi connectivity index (χ4v) is 1.78. The van der Waals surface area contributed by atoms with Gasteiger partial charge in [-0.25, -0.2) is 0 Å². The Balaban J connectivity index is 2.89.